The summed E-state index contributed by atoms with van der Waals surface area (Å²) >= 11 is 0. The smallest absolute Gasteiger partial charge is 0.328 e. The number of aliphatic hydroxyl groups is 1. The average molecular weight is 319 g/mol. The van der Waals surface area contributed by atoms with Crippen LogP contribution in [0.25, 0.3) is 10.9 Å². The van der Waals surface area contributed by atoms with Gasteiger partial charge in [-0.3, -0.25) is 4.79 Å². The topological polar surface area (TPSA) is 117 Å². The van der Waals surface area contributed by atoms with Crippen molar-refractivity contribution in [2.75, 3.05) is 7.11 Å². The number of methoxy groups -OCH3 is 1. The molecule has 3 atom stereocenters. The Morgan fingerprint density at radius 3 is 2.74 bits per heavy atom. The van der Waals surface area contributed by atoms with Crippen molar-refractivity contribution in [2.24, 2.45) is 5.73 Å². The van der Waals surface area contributed by atoms with E-state index >= 15 is 0 Å². The average Bonchev–Trinajstić information content (AvgIpc) is 2.95. The predicted octanol–water partition coefficient (Wildman–Crippen LogP) is 0.0763. The minimum atomic E-state index is -1.11. The quantitative estimate of drug-likeness (QED) is 0.562. The lowest BCUT2D eigenvalue weighted by atomic mass is 10.0. The maximum Gasteiger partial charge on any atom is 0.328 e. The minimum Gasteiger partial charge on any atom is -0.467 e. The van der Waals surface area contributed by atoms with Crippen LogP contribution >= 0.6 is 0 Å². The second-order valence-electron chi connectivity index (χ2n) is 5.41. The van der Waals surface area contributed by atoms with Crippen LogP contribution in [-0.2, 0) is 20.7 Å². The van der Waals surface area contributed by atoms with E-state index in [1.807, 2.05) is 24.3 Å². The van der Waals surface area contributed by atoms with Gasteiger partial charge in [-0.1, -0.05) is 18.2 Å². The van der Waals surface area contributed by atoms with Gasteiger partial charge in [0.2, 0.25) is 5.91 Å². The summed E-state index contributed by atoms with van der Waals surface area (Å²) in [5, 5.41) is 12.9. The molecule has 1 aromatic heterocycles. The highest BCUT2D eigenvalue weighted by Crippen LogP contribution is 2.19. The number of amides is 1. The molecule has 0 aliphatic carbocycles. The van der Waals surface area contributed by atoms with Gasteiger partial charge in [0.15, 0.2) is 0 Å². The number of carbonyl (C=O) groups is 2. The minimum absolute atomic E-state index is 0.259. The van der Waals surface area contributed by atoms with Crippen LogP contribution in [0.15, 0.2) is 30.5 Å². The summed E-state index contributed by atoms with van der Waals surface area (Å²) in [6, 6.07) is 5.67. The molecule has 2 rings (SSSR count). The van der Waals surface area contributed by atoms with E-state index in [1.165, 1.54) is 14.0 Å². The summed E-state index contributed by atoms with van der Waals surface area (Å²) in [6.07, 6.45) is 1.04. The van der Waals surface area contributed by atoms with Crippen LogP contribution in [0.3, 0.4) is 0 Å². The van der Waals surface area contributed by atoms with Gasteiger partial charge in [0.25, 0.3) is 0 Å². The third kappa shape index (κ3) is 3.88. The van der Waals surface area contributed by atoms with Crippen LogP contribution in [0.1, 0.15) is 12.5 Å². The lowest BCUT2D eigenvalue weighted by Gasteiger charge is -2.20. The van der Waals surface area contributed by atoms with Crippen molar-refractivity contribution in [2.45, 2.75) is 31.5 Å². The SMILES string of the molecule is COC(=O)[C@H](Cc1c[nH]c2ccccc12)NC(=O)[C@@H](N)[C@@H](C)O. The molecule has 0 fully saturated rings. The molecular weight excluding hydrogens is 298 g/mol. The second-order valence-corrected chi connectivity index (χ2v) is 5.41. The summed E-state index contributed by atoms with van der Waals surface area (Å²) in [5.74, 6) is -1.17. The van der Waals surface area contributed by atoms with Gasteiger partial charge in [0, 0.05) is 23.5 Å². The summed E-state index contributed by atoms with van der Waals surface area (Å²) in [4.78, 5) is 27.1. The number of hydrogen-bond donors (Lipinski definition) is 4. The molecule has 0 bridgehead atoms. The Balaban J connectivity index is 2.19. The molecule has 7 nitrogen and oxygen atoms in total. The molecule has 0 unspecified atom stereocenters. The Morgan fingerprint density at radius 2 is 2.09 bits per heavy atom. The van der Waals surface area contributed by atoms with Gasteiger partial charge in [-0.15, -0.1) is 0 Å². The molecule has 0 radical (unpaired) electrons. The number of carbonyl (C=O) groups excluding carboxylic acids is 2. The van der Waals surface area contributed by atoms with E-state index in [-0.39, 0.29) is 6.42 Å². The van der Waals surface area contributed by atoms with E-state index in [4.69, 9.17) is 10.5 Å². The highest BCUT2D eigenvalue weighted by atomic mass is 16.5. The normalized spacial score (nSPS) is 15.0. The van der Waals surface area contributed by atoms with Crippen molar-refractivity contribution >= 4 is 22.8 Å². The largest absolute Gasteiger partial charge is 0.467 e. The van der Waals surface area contributed by atoms with E-state index in [0.29, 0.717) is 0 Å². The van der Waals surface area contributed by atoms with E-state index in [1.54, 1.807) is 6.20 Å². The highest BCUT2D eigenvalue weighted by molar-refractivity contribution is 5.89. The maximum atomic E-state index is 12.0. The molecule has 23 heavy (non-hydrogen) atoms. The van der Waals surface area contributed by atoms with E-state index < -0.39 is 30.1 Å². The Labute approximate surface area is 133 Å². The number of H-pyrrole nitrogens is 1. The molecule has 1 aromatic carbocycles. The molecular formula is C16H21N3O4. The van der Waals surface area contributed by atoms with Gasteiger partial charge in [-0.2, -0.15) is 0 Å². The maximum absolute atomic E-state index is 12.0. The molecule has 0 aliphatic rings. The van der Waals surface area contributed by atoms with Crippen molar-refractivity contribution in [1.82, 2.24) is 10.3 Å². The van der Waals surface area contributed by atoms with Crippen LogP contribution in [0.5, 0.6) is 0 Å². The number of aromatic nitrogens is 1. The van der Waals surface area contributed by atoms with Crippen LogP contribution < -0.4 is 11.1 Å². The first-order valence-electron chi connectivity index (χ1n) is 7.31. The number of nitrogens with two attached hydrogens (primary N) is 1. The molecule has 7 heteroatoms. The molecule has 2 aromatic rings. The molecule has 1 heterocycles. The highest BCUT2D eigenvalue weighted by Gasteiger charge is 2.27. The van der Waals surface area contributed by atoms with Gasteiger partial charge in [-0.05, 0) is 18.6 Å². The number of ether oxygens (including phenoxy) is 1. The molecule has 0 saturated heterocycles. The van der Waals surface area contributed by atoms with E-state index in [2.05, 4.69) is 10.3 Å². The van der Waals surface area contributed by atoms with Crippen molar-refractivity contribution in [3.8, 4) is 0 Å². The van der Waals surface area contributed by atoms with Crippen molar-refractivity contribution in [3.63, 3.8) is 0 Å². The van der Waals surface area contributed by atoms with Crippen LogP contribution in [0.2, 0.25) is 0 Å². The number of rotatable bonds is 6. The predicted molar refractivity (Wildman–Crippen MR) is 85.6 cm³/mol. The van der Waals surface area contributed by atoms with Crippen molar-refractivity contribution < 1.29 is 19.4 Å². The number of nitrogens with one attached hydrogen (secondary N) is 2. The van der Waals surface area contributed by atoms with Gasteiger partial charge in [-0.25, -0.2) is 4.79 Å². The van der Waals surface area contributed by atoms with E-state index in [0.717, 1.165) is 16.5 Å². The summed E-state index contributed by atoms with van der Waals surface area (Å²) in [7, 11) is 1.26. The standard InChI is InChI=1S/C16H21N3O4/c1-9(20)14(17)15(21)19-13(16(22)23-2)7-10-8-18-12-6-4-3-5-11(10)12/h3-6,8-9,13-14,18,20H,7,17H2,1-2H3,(H,19,21)/t9-,13+,14+/m1/s1. The Kier molecular flexibility index (Phi) is 5.36. The zero-order valence-corrected chi connectivity index (χ0v) is 13.1. The van der Waals surface area contributed by atoms with Crippen LogP contribution in [0, 0.1) is 0 Å². The molecule has 0 aliphatic heterocycles. The zero-order chi connectivity index (χ0) is 17.0. The van der Waals surface area contributed by atoms with Crippen LogP contribution in [-0.4, -0.2) is 47.3 Å². The number of hydrogen-bond acceptors (Lipinski definition) is 5. The van der Waals surface area contributed by atoms with Gasteiger partial charge in [0.05, 0.1) is 13.2 Å². The van der Waals surface area contributed by atoms with Gasteiger partial charge in [0.1, 0.15) is 12.1 Å². The fourth-order valence-corrected chi connectivity index (χ4v) is 2.34. The van der Waals surface area contributed by atoms with Crippen molar-refractivity contribution in [3.05, 3.63) is 36.0 Å². The second kappa shape index (κ2) is 7.26. The fourth-order valence-electron chi connectivity index (χ4n) is 2.34. The van der Waals surface area contributed by atoms with Crippen LogP contribution in [0.4, 0.5) is 0 Å². The number of fused-ring (bicyclic) bond motifs is 1. The number of benzene rings is 1. The first kappa shape index (κ1) is 17.0. The summed E-state index contributed by atoms with van der Waals surface area (Å²) in [6.45, 7) is 1.41. The number of aliphatic hydroxyl groups excluding tert-OH is 1. The third-order valence-corrected chi connectivity index (χ3v) is 3.72. The Bertz CT molecular complexity index is 695. The first-order chi connectivity index (χ1) is 10.9. The van der Waals surface area contributed by atoms with Crippen molar-refractivity contribution in [1.29, 1.82) is 0 Å². The lowest BCUT2D eigenvalue weighted by Crippen LogP contribution is -2.53. The lowest BCUT2D eigenvalue weighted by molar-refractivity contribution is -0.145. The van der Waals surface area contributed by atoms with E-state index in [9.17, 15) is 14.7 Å². The Hall–Kier alpha value is -2.38. The summed E-state index contributed by atoms with van der Waals surface area (Å²) < 4.78 is 4.75. The Morgan fingerprint density at radius 1 is 1.39 bits per heavy atom. The monoisotopic (exact) mass is 319 g/mol. The van der Waals surface area contributed by atoms with Gasteiger partial charge < -0.3 is 25.9 Å². The fraction of sp³-hybridized carbons (Fsp3) is 0.375. The van der Waals surface area contributed by atoms with Gasteiger partial charge >= 0.3 is 5.97 Å². The molecule has 0 saturated carbocycles. The molecule has 1 amide bonds. The molecule has 5 N–H and O–H groups in total. The molecule has 124 valence electrons. The summed E-state index contributed by atoms with van der Waals surface area (Å²) in [5.41, 5.74) is 7.41. The number of aromatic amines is 1. The first-order valence-corrected chi connectivity index (χ1v) is 7.31. The number of esters is 1. The zero-order valence-electron chi connectivity index (χ0n) is 13.1. The third-order valence-electron chi connectivity index (χ3n) is 3.72. The molecule has 0 spiro atoms. The number of para-hydroxylation sites is 1.